The highest BCUT2D eigenvalue weighted by Crippen LogP contribution is 2.12. The Labute approximate surface area is 118 Å². The summed E-state index contributed by atoms with van der Waals surface area (Å²) in [6.45, 7) is 8.36. The molecule has 1 aromatic heterocycles. The third kappa shape index (κ3) is 3.29. The monoisotopic (exact) mass is 267 g/mol. The van der Waals surface area contributed by atoms with E-state index < -0.39 is 0 Å². The summed E-state index contributed by atoms with van der Waals surface area (Å²) in [7, 11) is 0. The van der Waals surface area contributed by atoms with Crippen LogP contribution in [0.15, 0.2) is 36.4 Å². The van der Waals surface area contributed by atoms with Gasteiger partial charge in [-0.3, -0.25) is 4.79 Å². The lowest BCUT2D eigenvalue weighted by molar-refractivity contribution is 0.111. The second-order valence-electron chi connectivity index (χ2n) is 4.84. The molecule has 0 saturated carbocycles. The molecule has 0 aliphatic heterocycles. The fourth-order valence-electron chi connectivity index (χ4n) is 1.81. The minimum absolute atomic E-state index is 0.342. The molecule has 4 heteroatoms. The lowest BCUT2D eigenvalue weighted by Gasteiger charge is -2.02. The number of hydrogen-bond donors (Lipinski definition) is 0. The maximum Gasteiger partial charge on any atom is 0.172 e. The van der Waals surface area contributed by atoms with Crippen LogP contribution in [0.5, 0.6) is 0 Å². The number of nitrogens with zero attached hydrogens (tertiary/aromatic N) is 3. The van der Waals surface area contributed by atoms with Gasteiger partial charge in [0.1, 0.15) is 0 Å². The Hall–Kier alpha value is -2.49. The summed E-state index contributed by atoms with van der Waals surface area (Å²) in [6.07, 6.45) is 4.52. The summed E-state index contributed by atoms with van der Waals surface area (Å²) < 4.78 is 1.68. The number of allylic oxidation sites excluding steroid dienone is 1. The van der Waals surface area contributed by atoms with E-state index in [1.807, 2.05) is 50.3 Å². The van der Waals surface area contributed by atoms with Crippen molar-refractivity contribution in [1.82, 2.24) is 15.0 Å². The standard InChI is InChI=1S/C16H17N3O/c1-12(2)10-19-16(15(11-20)17-18-19)9-8-14-6-4-13(3)5-7-14/h4-9,11H,1,10H2,2-3H3/b9-8+. The summed E-state index contributed by atoms with van der Waals surface area (Å²) in [4.78, 5) is 11.0. The molecule has 1 heterocycles. The molecule has 0 amide bonds. The first kappa shape index (κ1) is 13.9. The average molecular weight is 267 g/mol. The lowest BCUT2D eigenvalue weighted by atomic mass is 10.1. The highest BCUT2D eigenvalue weighted by atomic mass is 16.1. The highest BCUT2D eigenvalue weighted by molar-refractivity contribution is 5.81. The third-order valence-corrected chi connectivity index (χ3v) is 2.84. The Morgan fingerprint density at radius 2 is 2.00 bits per heavy atom. The molecule has 0 aliphatic rings. The van der Waals surface area contributed by atoms with Gasteiger partial charge in [-0.25, -0.2) is 4.68 Å². The molecule has 102 valence electrons. The van der Waals surface area contributed by atoms with Gasteiger partial charge in [0.25, 0.3) is 0 Å². The van der Waals surface area contributed by atoms with Crippen LogP contribution in [0.2, 0.25) is 0 Å². The highest BCUT2D eigenvalue weighted by Gasteiger charge is 2.09. The molecular weight excluding hydrogens is 250 g/mol. The SMILES string of the molecule is C=C(C)Cn1nnc(C=O)c1/C=C/c1ccc(C)cc1. The largest absolute Gasteiger partial charge is 0.296 e. The Bertz CT molecular complexity index is 651. The Balaban J connectivity index is 2.31. The fourth-order valence-corrected chi connectivity index (χ4v) is 1.81. The van der Waals surface area contributed by atoms with Gasteiger partial charge >= 0.3 is 0 Å². The van der Waals surface area contributed by atoms with E-state index in [0.29, 0.717) is 17.9 Å². The maximum atomic E-state index is 11.0. The molecule has 0 atom stereocenters. The second kappa shape index (κ2) is 6.10. The minimum atomic E-state index is 0.342. The topological polar surface area (TPSA) is 47.8 Å². The summed E-state index contributed by atoms with van der Waals surface area (Å²) in [5, 5.41) is 7.84. The van der Waals surface area contributed by atoms with Gasteiger partial charge in [-0.05, 0) is 25.5 Å². The molecule has 0 fully saturated rings. The molecule has 2 rings (SSSR count). The van der Waals surface area contributed by atoms with Crippen molar-refractivity contribution in [3.05, 3.63) is 58.9 Å². The molecule has 4 nitrogen and oxygen atoms in total. The van der Waals surface area contributed by atoms with Gasteiger partial charge < -0.3 is 0 Å². The van der Waals surface area contributed by atoms with E-state index >= 15 is 0 Å². The van der Waals surface area contributed by atoms with Gasteiger partial charge in [0.05, 0.1) is 12.2 Å². The molecule has 1 aromatic carbocycles. The zero-order valence-corrected chi connectivity index (χ0v) is 11.7. The van der Waals surface area contributed by atoms with Crippen molar-refractivity contribution in [2.24, 2.45) is 0 Å². The van der Waals surface area contributed by atoms with Gasteiger partial charge in [-0.2, -0.15) is 0 Å². The van der Waals surface area contributed by atoms with Crippen LogP contribution < -0.4 is 0 Å². The molecule has 0 spiro atoms. The molecule has 20 heavy (non-hydrogen) atoms. The van der Waals surface area contributed by atoms with Gasteiger partial charge in [0, 0.05) is 0 Å². The van der Waals surface area contributed by atoms with Crippen LogP contribution in [0.25, 0.3) is 12.2 Å². The molecule has 0 bridgehead atoms. The Morgan fingerprint density at radius 3 is 2.60 bits per heavy atom. The average Bonchev–Trinajstić information content (AvgIpc) is 2.79. The van der Waals surface area contributed by atoms with Gasteiger partial charge in [0.15, 0.2) is 12.0 Å². The smallest absolute Gasteiger partial charge is 0.172 e. The van der Waals surface area contributed by atoms with E-state index in [9.17, 15) is 4.79 Å². The van der Waals surface area contributed by atoms with E-state index in [1.54, 1.807) is 4.68 Å². The van der Waals surface area contributed by atoms with E-state index in [4.69, 9.17) is 0 Å². The van der Waals surface area contributed by atoms with Crippen molar-refractivity contribution >= 4 is 18.4 Å². The maximum absolute atomic E-state index is 11.0. The number of benzene rings is 1. The van der Waals surface area contributed by atoms with Crippen molar-refractivity contribution < 1.29 is 4.79 Å². The summed E-state index contributed by atoms with van der Waals surface area (Å²) in [6, 6.07) is 8.14. The fraction of sp³-hybridized carbons (Fsp3) is 0.188. The molecule has 2 aromatic rings. The van der Waals surface area contributed by atoms with Crippen LogP contribution in [0, 0.1) is 6.92 Å². The molecule has 0 aliphatic carbocycles. The molecule has 0 saturated heterocycles. The minimum Gasteiger partial charge on any atom is -0.296 e. The normalized spacial score (nSPS) is 10.9. The zero-order valence-electron chi connectivity index (χ0n) is 11.7. The van der Waals surface area contributed by atoms with Crippen LogP contribution >= 0.6 is 0 Å². The van der Waals surface area contributed by atoms with Crippen LogP contribution in [0.1, 0.15) is 34.2 Å². The van der Waals surface area contributed by atoms with Crippen LogP contribution in [0.4, 0.5) is 0 Å². The number of aldehydes is 1. The number of rotatable bonds is 5. The third-order valence-electron chi connectivity index (χ3n) is 2.84. The predicted molar refractivity (Wildman–Crippen MR) is 80.3 cm³/mol. The van der Waals surface area contributed by atoms with Crippen molar-refractivity contribution in [3.8, 4) is 0 Å². The van der Waals surface area contributed by atoms with Gasteiger partial charge in [0.2, 0.25) is 0 Å². The first-order chi connectivity index (χ1) is 9.60. The number of aryl methyl sites for hydroxylation is 1. The first-order valence-electron chi connectivity index (χ1n) is 6.38. The van der Waals surface area contributed by atoms with Crippen molar-refractivity contribution in [2.75, 3.05) is 0 Å². The Kier molecular flexibility index (Phi) is 4.25. The van der Waals surface area contributed by atoms with Gasteiger partial charge in [-0.15, -0.1) is 5.10 Å². The van der Waals surface area contributed by atoms with Crippen molar-refractivity contribution in [3.63, 3.8) is 0 Å². The van der Waals surface area contributed by atoms with Crippen molar-refractivity contribution in [1.29, 1.82) is 0 Å². The van der Waals surface area contributed by atoms with Crippen LogP contribution in [0.3, 0.4) is 0 Å². The molecule has 0 N–H and O–H groups in total. The summed E-state index contributed by atoms with van der Waals surface area (Å²) in [5.41, 5.74) is 4.27. The first-order valence-corrected chi connectivity index (χ1v) is 6.38. The van der Waals surface area contributed by atoms with E-state index in [0.717, 1.165) is 17.4 Å². The number of hydrogen-bond acceptors (Lipinski definition) is 3. The van der Waals surface area contributed by atoms with Crippen molar-refractivity contribution in [2.45, 2.75) is 20.4 Å². The van der Waals surface area contributed by atoms with E-state index in [2.05, 4.69) is 16.9 Å². The molecule has 0 radical (unpaired) electrons. The quantitative estimate of drug-likeness (QED) is 0.617. The van der Waals surface area contributed by atoms with Crippen LogP contribution in [-0.2, 0) is 6.54 Å². The van der Waals surface area contributed by atoms with Gasteiger partial charge in [-0.1, -0.05) is 53.3 Å². The zero-order chi connectivity index (χ0) is 14.5. The number of carbonyl (C=O) groups is 1. The molecule has 0 unspecified atom stereocenters. The lowest BCUT2D eigenvalue weighted by Crippen LogP contribution is -2.03. The van der Waals surface area contributed by atoms with E-state index in [-0.39, 0.29) is 0 Å². The summed E-state index contributed by atoms with van der Waals surface area (Å²) >= 11 is 0. The molecular formula is C16H17N3O. The summed E-state index contributed by atoms with van der Waals surface area (Å²) in [5.74, 6) is 0. The van der Waals surface area contributed by atoms with Crippen LogP contribution in [-0.4, -0.2) is 21.3 Å². The Morgan fingerprint density at radius 1 is 1.30 bits per heavy atom. The number of aromatic nitrogens is 3. The number of carbonyl (C=O) groups excluding carboxylic acids is 1. The van der Waals surface area contributed by atoms with E-state index in [1.165, 1.54) is 5.56 Å². The predicted octanol–water partition coefficient (Wildman–Crippen LogP) is 3.15. The second-order valence-corrected chi connectivity index (χ2v) is 4.84.